The molecule has 0 saturated carbocycles. The molecule has 3 aliphatic heterocycles. The fourth-order valence-electron chi connectivity index (χ4n) is 7.47. The van der Waals surface area contributed by atoms with Gasteiger partial charge in [-0.3, -0.25) is 14.4 Å². The molecule has 9 heteroatoms. The van der Waals surface area contributed by atoms with Crippen LogP contribution in [0.2, 0.25) is 5.02 Å². The molecule has 3 N–H and O–H groups in total. The van der Waals surface area contributed by atoms with Gasteiger partial charge in [-0.2, -0.15) is 0 Å². The zero-order valence-electron chi connectivity index (χ0n) is 24.2. The van der Waals surface area contributed by atoms with Gasteiger partial charge < -0.3 is 20.6 Å². The molecular formula is C34H36ClN3O4S. The van der Waals surface area contributed by atoms with Gasteiger partial charge in [-0.1, -0.05) is 91.3 Å². The first kappa shape index (κ1) is 29.7. The summed E-state index contributed by atoms with van der Waals surface area (Å²) in [6.07, 6.45) is 1.11. The van der Waals surface area contributed by atoms with E-state index in [0.717, 1.165) is 23.1 Å². The molecule has 3 aliphatic rings. The summed E-state index contributed by atoms with van der Waals surface area (Å²) in [5, 5.41) is 17.2. The SMILES string of the molecule is Cc1cccc(Cl)c1NC(=O)C1N([C@@H](CO)Cc2ccccc2)C(=O)[C@@H]2[C@@H](C(=O)NCc3ccccc3)[C@H]3CC(C)C12S3. The van der Waals surface area contributed by atoms with E-state index < -0.39 is 28.7 Å². The van der Waals surface area contributed by atoms with Gasteiger partial charge in [-0.25, -0.2) is 0 Å². The molecule has 0 aliphatic carbocycles. The highest BCUT2D eigenvalue weighted by Gasteiger charge is 2.76. The predicted octanol–water partition coefficient (Wildman–Crippen LogP) is 4.84. The number of aryl methyl sites for hydroxylation is 1. The van der Waals surface area contributed by atoms with Crippen molar-refractivity contribution in [1.82, 2.24) is 10.2 Å². The van der Waals surface area contributed by atoms with Crippen molar-refractivity contribution >= 4 is 46.8 Å². The van der Waals surface area contributed by atoms with E-state index >= 15 is 0 Å². The number of fused-ring (bicyclic) bond motifs is 1. The van der Waals surface area contributed by atoms with E-state index in [2.05, 4.69) is 17.6 Å². The lowest BCUT2D eigenvalue weighted by Gasteiger charge is -2.40. The molecule has 43 heavy (non-hydrogen) atoms. The lowest BCUT2D eigenvalue weighted by atomic mass is 9.66. The monoisotopic (exact) mass is 617 g/mol. The Kier molecular flexibility index (Phi) is 8.28. The van der Waals surface area contributed by atoms with Crippen LogP contribution in [0.15, 0.2) is 78.9 Å². The van der Waals surface area contributed by atoms with Crippen molar-refractivity contribution in [2.24, 2.45) is 17.8 Å². The molecule has 2 bridgehead atoms. The second-order valence-corrected chi connectivity index (χ2v) is 13.9. The average Bonchev–Trinajstić information content (AvgIpc) is 3.61. The van der Waals surface area contributed by atoms with Crippen molar-refractivity contribution in [2.45, 2.75) is 55.3 Å². The van der Waals surface area contributed by atoms with E-state index in [0.29, 0.717) is 23.7 Å². The molecule has 3 heterocycles. The van der Waals surface area contributed by atoms with Crippen LogP contribution in [0.3, 0.4) is 0 Å². The maximum Gasteiger partial charge on any atom is 0.248 e. The molecule has 0 radical (unpaired) electrons. The predicted molar refractivity (Wildman–Crippen MR) is 170 cm³/mol. The summed E-state index contributed by atoms with van der Waals surface area (Å²) in [5.74, 6) is -2.01. The number of anilines is 1. The van der Waals surface area contributed by atoms with Crippen molar-refractivity contribution in [1.29, 1.82) is 0 Å². The average molecular weight is 618 g/mol. The van der Waals surface area contributed by atoms with Crippen LogP contribution in [0.1, 0.15) is 30.0 Å². The van der Waals surface area contributed by atoms with Gasteiger partial charge in [-0.15, -0.1) is 11.8 Å². The van der Waals surface area contributed by atoms with Crippen molar-refractivity contribution in [3.8, 4) is 0 Å². The maximum absolute atomic E-state index is 14.6. The third kappa shape index (κ3) is 5.13. The Balaban J connectivity index is 1.38. The highest BCUT2D eigenvalue weighted by Crippen LogP contribution is 2.68. The summed E-state index contributed by atoms with van der Waals surface area (Å²) >= 11 is 8.13. The highest BCUT2D eigenvalue weighted by atomic mass is 35.5. The van der Waals surface area contributed by atoms with Crippen LogP contribution in [0, 0.1) is 24.7 Å². The number of hydrogen-bond acceptors (Lipinski definition) is 5. The summed E-state index contributed by atoms with van der Waals surface area (Å²) in [6.45, 7) is 4.01. The van der Waals surface area contributed by atoms with Crippen molar-refractivity contribution in [3.63, 3.8) is 0 Å². The van der Waals surface area contributed by atoms with Gasteiger partial charge in [0.05, 0.1) is 39.9 Å². The minimum absolute atomic E-state index is 0.00113. The van der Waals surface area contributed by atoms with E-state index in [1.54, 1.807) is 22.7 Å². The van der Waals surface area contributed by atoms with E-state index in [1.807, 2.05) is 79.7 Å². The van der Waals surface area contributed by atoms with Crippen molar-refractivity contribution in [3.05, 3.63) is 101 Å². The molecule has 3 aromatic rings. The van der Waals surface area contributed by atoms with Crippen molar-refractivity contribution in [2.75, 3.05) is 11.9 Å². The molecule has 224 valence electrons. The van der Waals surface area contributed by atoms with Crippen LogP contribution in [0.4, 0.5) is 5.69 Å². The number of rotatable bonds is 9. The first-order valence-electron chi connectivity index (χ1n) is 14.8. The van der Waals surface area contributed by atoms with Gasteiger partial charge in [0.15, 0.2) is 0 Å². The molecule has 7 atom stereocenters. The van der Waals surface area contributed by atoms with Crippen LogP contribution in [0.25, 0.3) is 0 Å². The normalized spacial score (nSPS) is 28.0. The Bertz CT molecular complexity index is 1500. The van der Waals surface area contributed by atoms with Crippen molar-refractivity contribution < 1.29 is 19.5 Å². The van der Waals surface area contributed by atoms with Gasteiger partial charge in [0, 0.05) is 11.8 Å². The first-order valence-corrected chi connectivity index (χ1v) is 16.0. The number of para-hydroxylation sites is 1. The fourth-order valence-corrected chi connectivity index (χ4v) is 10.2. The number of likely N-dealkylation sites (tertiary alicyclic amines) is 1. The van der Waals surface area contributed by atoms with E-state index in [4.69, 9.17) is 11.6 Å². The van der Waals surface area contributed by atoms with Crippen LogP contribution >= 0.6 is 23.4 Å². The maximum atomic E-state index is 14.6. The van der Waals surface area contributed by atoms with E-state index in [9.17, 15) is 19.5 Å². The van der Waals surface area contributed by atoms with E-state index in [1.165, 1.54) is 0 Å². The molecule has 3 aromatic carbocycles. The zero-order chi connectivity index (χ0) is 30.3. The molecule has 7 nitrogen and oxygen atoms in total. The number of thioether (sulfide) groups is 1. The number of carbonyl (C=O) groups excluding carboxylic acids is 3. The third-order valence-corrected chi connectivity index (χ3v) is 11.8. The standard InChI is InChI=1S/C34H36ClN3O4S/c1-20-10-9-15-25(35)29(20)37-32(41)30-34-21(2)16-26(43-34)27(31(40)36-18-23-13-7-4-8-14-23)28(34)33(42)38(30)24(19-39)17-22-11-5-3-6-12-22/h3-15,21,24,26-28,30,39H,16-19H2,1-2H3,(H,36,40)(H,37,41)/t21?,24-,26-,27+,28+,30?,34?/m1/s1. The number of aliphatic hydroxyl groups is 1. The lowest BCUT2D eigenvalue weighted by Crippen LogP contribution is -2.57. The van der Waals surface area contributed by atoms with Crippen LogP contribution in [-0.4, -0.2) is 56.4 Å². The summed E-state index contributed by atoms with van der Waals surface area (Å²) in [6, 6.07) is 23.2. The number of amides is 3. The second-order valence-electron chi connectivity index (χ2n) is 11.9. The summed E-state index contributed by atoms with van der Waals surface area (Å²) < 4.78 is -0.820. The second kappa shape index (κ2) is 12.0. The number of hydrogen-bond donors (Lipinski definition) is 3. The van der Waals surface area contributed by atoms with Crippen LogP contribution < -0.4 is 10.6 Å². The Hall–Kier alpha value is -3.33. The quantitative estimate of drug-likeness (QED) is 0.319. The topological polar surface area (TPSA) is 98.7 Å². The third-order valence-electron chi connectivity index (χ3n) is 9.43. The number of benzene rings is 3. The summed E-state index contributed by atoms with van der Waals surface area (Å²) in [5.41, 5.74) is 3.24. The Morgan fingerprint density at radius 2 is 1.70 bits per heavy atom. The number of nitrogens with zero attached hydrogens (tertiary/aromatic N) is 1. The Labute approximate surface area is 261 Å². The van der Waals surface area contributed by atoms with Gasteiger partial charge in [0.2, 0.25) is 17.7 Å². The fraction of sp³-hybridized carbons (Fsp3) is 0.382. The van der Waals surface area contributed by atoms with E-state index in [-0.39, 0.29) is 35.5 Å². The number of aliphatic hydroxyl groups excluding tert-OH is 1. The molecule has 3 saturated heterocycles. The molecule has 3 amide bonds. The van der Waals surface area contributed by atoms with Gasteiger partial charge in [-0.05, 0) is 48.4 Å². The first-order chi connectivity index (χ1) is 20.8. The minimum atomic E-state index is -0.890. The highest BCUT2D eigenvalue weighted by molar-refractivity contribution is 8.02. The molecular weight excluding hydrogens is 582 g/mol. The Morgan fingerprint density at radius 3 is 2.35 bits per heavy atom. The summed E-state index contributed by atoms with van der Waals surface area (Å²) in [7, 11) is 0. The van der Waals surface area contributed by atoms with Crippen LogP contribution in [-0.2, 0) is 27.3 Å². The van der Waals surface area contributed by atoms with Gasteiger partial charge in [0.25, 0.3) is 0 Å². The zero-order valence-corrected chi connectivity index (χ0v) is 25.8. The molecule has 1 spiro atoms. The molecule has 6 rings (SSSR count). The van der Waals surface area contributed by atoms with Gasteiger partial charge in [0.1, 0.15) is 6.04 Å². The van der Waals surface area contributed by atoms with Crippen LogP contribution in [0.5, 0.6) is 0 Å². The number of halogens is 1. The van der Waals surface area contributed by atoms with Gasteiger partial charge >= 0.3 is 0 Å². The lowest BCUT2D eigenvalue weighted by molar-refractivity contribution is -0.142. The number of nitrogens with one attached hydrogen (secondary N) is 2. The molecule has 3 fully saturated rings. The smallest absolute Gasteiger partial charge is 0.248 e. The largest absolute Gasteiger partial charge is 0.394 e. The minimum Gasteiger partial charge on any atom is -0.394 e. The summed E-state index contributed by atoms with van der Waals surface area (Å²) in [4.78, 5) is 44.5. The molecule has 0 aromatic heterocycles. The Morgan fingerprint density at radius 1 is 1.02 bits per heavy atom. The molecule has 3 unspecified atom stereocenters. The number of carbonyl (C=O) groups is 3.